The predicted molar refractivity (Wildman–Crippen MR) is 106 cm³/mol. The lowest BCUT2D eigenvalue weighted by Crippen LogP contribution is -2.28. The first-order valence-electron chi connectivity index (χ1n) is 8.72. The molecule has 2 aromatic rings. The predicted octanol–water partition coefficient (Wildman–Crippen LogP) is 3.01. The molecule has 0 radical (unpaired) electrons. The quantitative estimate of drug-likeness (QED) is 0.620. The average Bonchev–Trinajstić information content (AvgIpc) is 3.47. The molecule has 0 spiro atoms. The molecule has 1 aliphatic rings. The Morgan fingerprint density at radius 1 is 1.25 bits per heavy atom. The van der Waals surface area contributed by atoms with Crippen LogP contribution in [0.5, 0.6) is 5.75 Å². The average molecular weight is 471 g/mol. The van der Waals surface area contributed by atoms with Gasteiger partial charge in [0.15, 0.2) is 0 Å². The number of carbonyl (C=O) groups excluding carboxylic acids is 1. The lowest BCUT2D eigenvalue weighted by molar-refractivity contribution is 0.0954. The van der Waals surface area contributed by atoms with Crippen molar-refractivity contribution in [3.05, 3.63) is 57.8 Å². The summed E-state index contributed by atoms with van der Waals surface area (Å²) in [4.78, 5) is 12.4. The first kappa shape index (κ1) is 20.8. The van der Waals surface area contributed by atoms with Crippen LogP contribution in [0.4, 0.5) is 4.39 Å². The summed E-state index contributed by atoms with van der Waals surface area (Å²) < 4.78 is 46.4. The summed E-state index contributed by atoms with van der Waals surface area (Å²) in [6.07, 6.45) is 2.12. The molecular formula is C19H20BrFN2O4S. The first-order valence-corrected chi connectivity index (χ1v) is 11.0. The highest BCUT2D eigenvalue weighted by atomic mass is 79.9. The Labute approximate surface area is 171 Å². The highest BCUT2D eigenvalue weighted by Crippen LogP contribution is 2.28. The van der Waals surface area contributed by atoms with Crippen molar-refractivity contribution in [3.63, 3.8) is 0 Å². The highest BCUT2D eigenvalue weighted by molar-refractivity contribution is 9.10. The van der Waals surface area contributed by atoms with E-state index in [1.807, 2.05) is 0 Å². The molecule has 2 N–H and O–H groups in total. The number of sulfonamides is 1. The third-order valence-corrected chi connectivity index (χ3v) is 6.45. The minimum absolute atomic E-state index is 0.0535. The number of benzene rings is 2. The Kier molecular flexibility index (Phi) is 6.36. The Morgan fingerprint density at radius 2 is 2.00 bits per heavy atom. The lowest BCUT2D eigenvalue weighted by atomic mass is 10.1. The molecule has 0 saturated heterocycles. The summed E-state index contributed by atoms with van der Waals surface area (Å²) in [5, 5.41) is 2.75. The zero-order valence-corrected chi connectivity index (χ0v) is 17.6. The zero-order valence-electron chi connectivity index (χ0n) is 15.2. The molecule has 1 aliphatic carbocycles. The van der Waals surface area contributed by atoms with Gasteiger partial charge in [0.2, 0.25) is 10.0 Å². The number of hydrogen-bond donors (Lipinski definition) is 2. The molecular weight excluding hydrogens is 451 g/mol. The summed E-state index contributed by atoms with van der Waals surface area (Å²) in [7, 11) is -2.38. The van der Waals surface area contributed by atoms with E-state index in [9.17, 15) is 17.6 Å². The Hall–Kier alpha value is -1.97. The number of methoxy groups -OCH3 is 1. The van der Waals surface area contributed by atoms with Crippen molar-refractivity contribution >= 4 is 31.9 Å². The van der Waals surface area contributed by atoms with Crippen LogP contribution in [0.2, 0.25) is 0 Å². The van der Waals surface area contributed by atoms with Gasteiger partial charge >= 0.3 is 0 Å². The molecule has 0 atom stereocenters. The normalized spacial score (nSPS) is 14.0. The first-order chi connectivity index (χ1) is 13.3. The van der Waals surface area contributed by atoms with E-state index in [2.05, 4.69) is 26.0 Å². The molecule has 0 aromatic heterocycles. The molecule has 1 amide bonds. The molecule has 1 saturated carbocycles. The number of hydrogen-bond acceptors (Lipinski definition) is 4. The van der Waals surface area contributed by atoms with E-state index < -0.39 is 15.9 Å². The van der Waals surface area contributed by atoms with E-state index in [0.29, 0.717) is 17.4 Å². The van der Waals surface area contributed by atoms with Crippen LogP contribution < -0.4 is 14.8 Å². The van der Waals surface area contributed by atoms with Crippen molar-refractivity contribution in [3.8, 4) is 5.75 Å². The van der Waals surface area contributed by atoms with Gasteiger partial charge in [-0.2, -0.15) is 0 Å². The van der Waals surface area contributed by atoms with Gasteiger partial charge in [-0.1, -0.05) is 6.07 Å². The van der Waals surface area contributed by atoms with E-state index in [-0.39, 0.29) is 28.1 Å². The molecule has 0 bridgehead atoms. The van der Waals surface area contributed by atoms with Crippen LogP contribution in [-0.4, -0.2) is 34.0 Å². The molecule has 2 aromatic carbocycles. The van der Waals surface area contributed by atoms with Crippen LogP contribution in [0.1, 0.15) is 28.8 Å². The summed E-state index contributed by atoms with van der Waals surface area (Å²) >= 11 is 3.13. The maximum Gasteiger partial charge on any atom is 0.251 e. The molecule has 150 valence electrons. The van der Waals surface area contributed by atoms with E-state index in [0.717, 1.165) is 18.4 Å². The van der Waals surface area contributed by atoms with Crippen molar-refractivity contribution in [2.24, 2.45) is 0 Å². The third kappa shape index (κ3) is 5.09. The van der Waals surface area contributed by atoms with Gasteiger partial charge in [-0.05, 0) is 71.1 Å². The van der Waals surface area contributed by atoms with Crippen LogP contribution in [0, 0.1) is 5.82 Å². The van der Waals surface area contributed by atoms with Crippen molar-refractivity contribution in [1.29, 1.82) is 0 Å². The van der Waals surface area contributed by atoms with Gasteiger partial charge in [-0.25, -0.2) is 17.5 Å². The van der Waals surface area contributed by atoms with E-state index >= 15 is 0 Å². The van der Waals surface area contributed by atoms with Gasteiger partial charge in [0.25, 0.3) is 5.91 Å². The molecule has 1 fully saturated rings. The SMILES string of the molecule is COc1ccc(C(=O)NCCc2ccc(F)c(Br)c2)cc1S(=O)(=O)NC1CC1. The Morgan fingerprint density at radius 3 is 2.64 bits per heavy atom. The van der Waals surface area contributed by atoms with E-state index in [1.165, 1.54) is 31.4 Å². The number of halogens is 2. The third-order valence-electron chi connectivity index (χ3n) is 4.30. The molecule has 6 nitrogen and oxygen atoms in total. The van der Waals surface area contributed by atoms with Crippen LogP contribution in [0.3, 0.4) is 0 Å². The summed E-state index contributed by atoms with van der Waals surface area (Å²) in [5.74, 6) is -0.563. The zero-order chi connectivity index (χ0) is 20.3. The number of amides is 1. The maximum atomic E-state index is 13.3. The van der Waals surface area contributed by atoms with Gasteiger partial charge < -0.3 is 10.1 Å². The second-order valence-electron chi connectivity index (χ2n) is 6.52. The van der Waals surface area contributed by atoms with Crippen LogP contribution >= 0.6 is 15.9 Å². The Bertz CT molecular complexity index is 993. The van der Waals surface area contributed by atoms with Gasteiger partial charge in [0, 0.05) is 18.2 Å². The van der Waals surface area contributed by atoms with Crippen LogP contribution in [0.25, 0.3) is 0 Å². The number of nitrogens with one attached hydrogen (secondary N) is 2. The second-order valence-corrected chi connectivity index (χ2v) is 9.05. The highest BCUT2D eigenvalue weighted by Gasteiger charge is 2.30. The van der Waals surface area contributed by atoms with E-state index in [1.54, 1.807) is 12.1 Å². The molecule has 9 heteroatoms. The molecule has 28 heavy (non-hydrogen) atoms. The molecule has 0 aliphatic heterocycles. The smallest absolute Gasteiger partial charge is 0.251 e. The second kappa shape index (κ2) is 8.59. The minimum atomic E-state index is -3.76. The van der Waals surface area contributed by atoms with Crippen LogP contribution in [0.15, 0.2) is 45.8 Å². The number of rotatable bonds is 8. The summed E-state index contributed by atoms with van der Waals surface area (Å²) in [6.45, 7) is 0.325. The summed E-state index contributed by atoms with van der Waals surface area (Å²) in [5.41, 5.74) is 1.08. The fraction of sp³-hybridized carbons (Fsp3) is 0.316. The fourth-order valence-corrected chi connectivity index (χ4v) is 4.56. The van der Waals surface area contributed by atoms with Crippen LogP contribution in [-0.2, 0) is 16.4 Å². The van der Waals surface area contributed by atoms with Crippen molar-refractivity contribution < 1.29 is 22.3 Å². The fourth-order valence-electron chi connectivity index (χ4n) is 2.63. The number of ether oxygens (including phenoxy) is 1. The van der Waals surface area contributed by atoms with Gasteiger partial charge in [0.1, 0.15) is 16.5 Å². The number of carbonyl (C=O) groups is 1. The Balaban J connectivity index is 1.69. The van der Waals surface area contributed by atoms with Gasteiger partial charge in [-0.15, -0.1) is 0 Å². The molecule has 3 rings (SSSR count). The van der Waals surface area contributed by atoms with Crippen molar-refractivity contribution in [1.82, 2.24) is 10.0 Å². The molecule has 0 heterocycles. The largest absolute Gasteiger partial charge is 0.495 e. The summed E-state index contributed by atoms with van der Waals surface area (Å²) in [6, 6.07) is 8.90. The van der Waals surface area contributed by atoms with Gasteiger partial charge in [-0.3, -0.25) is 4.79 Å². The van der Waals surface area contributed by atoms with Gasteiger partial charge in [0.05, 0.1) is 11.6 Å². The lowest BCUT2D eigenvalue weighted by Gasteiger charge is -2.12. The monoisotopic (exact) mass is 470 g/mol. The standard InChI is InChI=1S/C19H20BrFN2O4S/c1-27-17-7-3-13(11-18(17)28(25,26)23-14-4-5-14)19(24)22-9-8-12-2-6-16(21)15(20)10-12/h2-3,6-7,10-11,14,23H,4-5,8-9H2,1H3,(H,22,24). The minimum Gasteiger partial charge on any atom is -0.495 e. The maximum absolute atomic E-state index is 13.3. The molecule has 0 unspecified atom stereocenters. The van der Waals surface area contributed by atoms with Crippen molar-refractivity contribution in [2.75, 3.05) is 13.7 Å². The van der Waals surface area contributed by atoms with E-state index in [4.69, 9.17) is 4.74 Å². The van der Waals surface area contributed by atoms with Crippen molar-refractivity contribution in [2.45, 2.75) is 30.2 Å². The topological polar surface area (TPSA) is 84.5 Å².